The van der Waals surface area contributed by atoms with Crippen molar-refractivity contribution in [3.63, 3.8) is 0 Å². The van der Waals surface area contributed by atoms with E-state index in [4.69, 9.17) is 5.10 Å². The molecule has 1 saturated carbocycles. The molecule has 3 aromatic rings. The van der Waals surface area contributed by atoms with Crippen LogP contribution in [0.4, 0.5) is 5.69 Å². The Kier molecular flexibility index (Phi) is 4.94. The highest BCUT2D eigenvalue weighted by Crippen LogP contribution is 2.39. The fraction of sp³-hybridized carbons (Fsp3) is 0.346. The number of carbonyl (C=O) groups is 4. The van der Waals surface area contributed by atoms with Gasteiger partial charge in [0.15, 0.2) is 0 Å². The Bertz CT molecular complexity index is 1400. The molecule has 0 radical (unpaired) electrons. The lowest BCUT2D eigenvalue weighted by Crippen LogP contribution is -2.54. The molecule has 178 valence electrons. The Morgan fingerprint density at radius 1 is 1.03 bits per heavy atom. The molecule has 2 aromatic carbocycles. The zero-order valence-corrected chi connectivity index (χ0v) is 19.3. The van der Waals surface area contributed by atoms with Crippen molar-refractivity contribution in [3.8, 4) is 0 Å². The van der Waals surface area contributed by atoms with E-state index < -0.39 is 23.8 Å². The maximum absolute atomic E-state index is 13.0. The lowest BCUT2D eigenvalue weighted by molar-refractivity contribution is -0.136. The Morgan fingerprint density at radius 2 is 1.80 bits per heavy atom. The van der Waals surface area contributed by atoms with Gasteiger partial charge in [-0.05, 0) is 56.4 Å². The average molecular weight is 472 g/mol. The Hall–Kier alpha value is -4.01. The zero-order chi connectivity index (χ0) is 24.3. The normalized spacial score (nSPS) is 23.9. The molecule has 4 amide bonds. The van der Waals surface area contributed by atoms with Gasteiger partial charge in [0.05, 0.1) is 22.7 Å². The third-order valence-corrected chi connectivity index (χ3v) is 7.44. The van der Waals surface area contributed by atoms with Gasteiger partial charge in [-0.2, -0.15) is 5.10 Å². The first kappa shape index (κ1) is 21.5. The fourth-order valence-corrected chi connectivity index (χ4v) is 5.45. The Balaban J connectivity index is 1.10. The van der Waals surface area contributed by atoms with Gasteiger partial charge in [-0.3, -0.25) is 34.1 Å². The van der Waals surface area contributed by atoms with E-state index in [2.05, 4.69) is 28.3 Å². The largest absolute Gasteiger partial charge is 0.385 e. The van der Waals surface area contributed by atoms with Crippen LogP contribution < -0.4 is 10.6 Å². The molecule has 0 spiro atoms. The molecule has 9 nitrogen and oxygen atoms in total. The number of hydrogen-bond acceptors (Lipinski definition) is 6. The van der Waals surface area contributed by atoms with Gasteiger partial charge in [-0.15, -0.1) is 0 Å². The van der Waals surface area contributed by atoms with E-state index in [9.17, 15) is 19.2 Å². The number of hydrogen-bond donors (Lipinski definition) is 2. The highest BCUT2D eigenvalue weighted by molar-refractivity contribution is 6.23. The maximum atomic E-state index is 13.0. The van der Waals surface area contributed by atoms with E-state index in [0.29, 0.717) is 12.0 Å². The van der Waals surface area contributed by atoms with Gasteiger partial charge in [0.1, 0.15) is 6.04 Å². The molecule has 2 N–H and O–H groups in total. The van der Waals surface area contributed by atoms with E-state index in [1.54, 1.807) is 18.2 Å². The summed E-state index contributed by atoms with van der Waals surface area (Å²) in [5, 5.41) is 11.6. The van der Waals surface area contributed by atoms with Crippen molar-refractivity contribution in [2.75, 3.05) is 11.9 Å². The second-order valence-corrected chi connectivity index (χ2v) is 9.63. The smallest absolute Gasteiger partial charge is 0.262 e. The summed E-state index contributed by atoms with van der Waals surface area (Å²) in [5.74, 6) is -1.49. The molecular formula is C26H25N5O4. The summed E-state index contributed by atoms with van der Waals surface area (Å²) in [6.45, 7) is 2.87. The predicted octanol–water partition coefficient (Wildman–Crippen LogP) is 2.81. The Labute approximate surface area is 201 Å². The third-order valence-electron chi connectivity index (χ3n) is 7.44. The van der Waals surface area contributed by atoms with Crippen molar-refractivity contribution in [1.29, 1.82) is 0 Å². The van der Waals surface area contributed by atoms with Gasteiger partial charge in [-0.25, -0.2) is 0 Å². The van der Waals surface area contributed by atoms with Crippen LogP contribution in [0.15, 0.2) is 42.5 Å². The number of carbonyl (C=O) groups excluding carboxylic acids is 4. The van der Waals surface area contributed by atoms with E-state index >= 15 is 0 Å². The summed E-state index contributed by atoms with van der Waals surface area (Å²) in [5.41, 5.74) is 3.55. The van der Waals surface area contributed by atoms with Crippen molar-refractivity contribution in [3.05, 3.63) is 59.3 Å². The summed E-state index contributed by atoms with van der Waals surface area (Å²) >= 11 is 0. The minimum atomic E-state index is -0.953. The number of benzene rings is 2. The van der Waals surface area contributed by atoms with Gasteiger partial charge in [0.25, 0.3) is 11.8 Å². The topological polar surface area (TPSA) is 113 Å². The van der Waals surface area contributed by atoms with Crippen molar-refractivity contribution in [1.82, 2.24) is 20.0 Å². The van der Waals surface area contributed by atoms with Crippen LogP contribution in [-0.2, 0) is 9.59 Å². The van der Waals surface area contributed by atoms with Crippen molar-refractivity contribution in [2.45, 2.75) is 44.7 Å². The molecule has 3 aliphatic rings. The molecule has 1 atom stereocenters. The molecule has 1 unspecified atom stereocenters. The van der Waals surface area contributed by atoms with E-state index in [1.165, 1.54) is 11.1 Å². The SMILES string of the molecule is Cc1c2ccccc2nn1C1CC(CNc2ccc3c(c2)C(=O)N(C2CCC(=O)NC2=O)C3=O)C1. The molecule has 2 fully saturated rings. The first-order valence-electron chi connectivity index (χ1n) is 11.9. The number of nitrogens with zero attached hydrogens (tertiary/aromatic N) is 3. The standard InChI is InChI=1S/C26H25N5O4/c1-14-18-4-2-3-5-21(18)29-31(14)17-10-15(11-17)13-27-16-6-7-19-20(12-16)26(35)30(25(19)34)22-8-9-23(32)28-24(22)33/h2-7,12,15,17,22,27H,8-11,13H2,1H3,(H,28,32,33). The lowest BCUT2D eigenvalue weighted by Gasteiger charge is -2.36. The number of nitrogens with one attached hydrogen (secondary N) is 2. The molecule has 1 aliphatic carbocycles. The van der Waals surface area contributed by atoms with Crippen LogP contribution in [0, 0.1) is 12.8 Å². The van der Waals surface area contributed by atoms with Crippen LogP contribution in [-0.4, -0.2) is 50.9 Å². The molecule has 6 rings (SSSR count). The number of fused-ring (bicyclic) bond motifs is 2. The summed E-state index contributed by atoms with van der Waals surface area (Å²) < 4.78 is 2.14. The van der Waals surface area contributed by atoms with Gasteiger partial charge >= 0.3 is 0 Å². The lowest BCUT2D eigenvalue weighted by atomic mass is 9.80. The van der Waals surface area contributed by atoms with Gasteiger partial charge in [-0.1, -0.05) is 18.2 Å². The van der Waals surface area contributed by atoms with Crippen molar-refractivity contribution < 1.29 is 19.2 Å². The Morgan fingerprint density at radius 3 is 2.57 bits per heavy atom. The number of amides is 4. The second-order valence-electron chi connectivity index (χ2n) is 9.63. The van der Waals surface area contributed by atoms with Gasteiger partial charge < -0.3 is 5.32 Å². The average Bonchev–Trinajstić information content (AvgIpc) is 3.27. The molecule has 0 bridgehead atoms. The molecule has 3 heterocycles. The molecular weight excluding hydrogens is 446 g/mol. The quantitative estimate of drug-likeness (QED) is 0.554. The molecule has 35 heavy (non-hydrogen) atoms. The highest BCUT2D eigenvalue weighted by atomic mass is 16.2. The maximum Gasteiger partial charge on any atom is 0.262 e. The number of anilines is 1. The predicted molar refractivity (Wildman–Crippen MR) is 128 cm³/mol. The third kappa shape index (κ3) is 3.50. The van der Waals surface area contributed by atoms with Crippen LogP contribution in [0.2, 0.25) is 0 Å². The number of rotatable bonds is 5. The number of aromatic nitrogens is 2. The van der Waals surface area contributed by atoms with Crippen LogP contribution >= 0.6 is 0 Å². The summed E-state index contributed by atoms with van der Waals surface area (Å²) in [6, 6.07) is 12.7. The number of piperidine rings is 1. The van der Waals surface area contributed by atoms with Gasteiger partial charge in [0, 0.05) is 29.7 Å². The van der Waals surface area contributed by atoms with E-state index in [1.807, 2.05) is 18.2 Å². The van der Waals surface area contributed by atoms with Crippen LogP contribution in [0.1, 0.15) is 58.1 Å². The summed E-state index contributed by atoms with van der Waals surface area (Å²) in [7, 11) is 0. The first-order chi connectivity index (χ1) is 16.9. The number of aryl methyl sites for hydroxylation is 1. The van der Waals surface area contributed by atoms with E-state index in [-0.39, 0.29) is 29.9 Å². The highest BCUT2D eigenvalue weighted by Gasteiger charge is 2.44. The molecule has 2 aliphatic heterocycles. The minimum Gasteiger partial charge on any atom is -0.385 e. The van der Waals surface area contributed by atoms with E-state index in [0.717, 1.165) is 35.5 Å². The molecule has 1 aromatic heterocycles. The minimum absolute atomic E-state index is 0.104. The second kappa shape index (κ2) is 8.04. The molecule has 9 heteroatoms. The summed E-state index contributed by atoms with van der Waals surface area (Å²) in [4.78, 5) is 50.5. The van der Waals surface area contributed by atoms with Gasteiger partial charge in [0.2, 0.25) is 11.8 Å². The first-order valence-corrected chi connectivity index (χ1v) is 11.9. The van der Waals surface area contributed by atoms with Crippen LogP contribution in [0.3, 0.4) is 0 Å². The molecule has 1 saturated heterocycles. The van der Waals surface area contributed by atoms with Crippen LogP contribution in [0.25, 0.3) is 10.9 Å². The van der Waals surface area contributed by atoms with Crippen molar-refractivity contribution >= 4 is 40.2 Å². The fourth-order valence-electron chi connectivity index (χ4n) is 5.45. The van der Waals surface area contributed by atoms with Crippen molar-refractivity contribution in [2.24, 2.45) is 5.92 Å². The monoisotopic (exact) mass is 471 g/mol. The summed E-state index contributed by atoms with van der Waals surface area (Å²) in [6.07, 6.45) is 2.30. The zero-order valence-electron chi connectivity index (χ0n) is 19.3. The number of imide groups is 2. The van der Waals surface area contributed by atoms with Crippen LogP contribution in [0.5, 0.6) is 0 Å².